The van der Waals surface area contributed by atoms with Crippen LogP contribution in [-0.4, -0.2) is 33.3 Å². The fourth-order valence-electron chi connectivity index (χ4n) is 3.84. The van der Waals surface area contributed by atoms with E-state index in [9.17, 15) is 9.90 Å². The van der Waals surface area contributed by atoms with Crippen LogP contribution in [0, 0.1) is 6.92 Å². The molecule has 0 saturated carbocycles. The van der Waals surface area contributed by atoms with Gasteiger partial charge in [-0.05, 0) is 81.3 Å². The van der Waals surface area contributed by atoms with Crippen LogP contribution in [0.3, 0.4) is 0 Å². The second-order valence-corrected chi connectivity index (χ2v) is 9.40. The molecular weight excluding hydrogens is 452 g/mol. The molecule has 1 amide bonds. The van der Waals surface area contributed by atoms with Crippen LogP contribution in [0.25, 0.3) is 17.0 Å². The summed E-state index contributed by atoms with van der Waals surface area (Å²) in [7, 11) is 0. The third-order valence-corrected chi connectivity index (χ3v) is 5.36. The molecule has 36 heavy (non-hydrogen) atoms. The van der Waals surface area contributed by atoms with Crippen LogP contribution >= 0.6 is 0 Å². The molecule has 7 nitrogen and oxygen atoms in total. The molecule has 0 radical (unpaired) electrons. The fraction of sp³-hybridized carbons (Fsp3) is 0.207. The molecule has 0 bridgehead atoms. The van der Waals surface area contributed by atoms with Gasteiger partial charge in [-0.3, -0.25) is 4.90 Å². The van der Waals surface area contributed by atoms with E-state index in [1.54, 1.807) is 18.5 Å². The molecule has 0 fully saturated rings. The third kappa shape index (κ3) is 5.99. The van der Waals surface area contributed by atoms with Crippen LogP contribution in [0.4, 0.5) is 22.0 Å². The average molecular weight is 483 g/mol. The summed E-state index contributed by atoms with van der Waals surface area (Å²) in [6.07, 6.45) is 4.91. The molecular formula is C29H30N4O3. The van der Waals surface area contributed by atoms with Crippen LogP contribution < -0.4 is 10.2 Å². The number of fused-ring (bicyclic) bond motifs is 1. The Hall–Kier alpha value is -4.39. The van der Waals surface area contributed by atoms with Crippen LogP contribution in [0.1, 0.15) is 31.9 Å². The first-order valence-electron chi connectivity index (χ1n) is 11.7. The number of amides is 1. The maximum Gasteiger partial charge on any atom is 0.407 e. The minimum atomic E-state index is -0.539. The number of benzene rings is 3. The van der Waals surface area contributed by atoms with E-state index < -0.39 is 11.7 Å². The van der Waals surface area contributed by atoms with Gasteiger partial charge in [0.15, 0.2) is 0 Å². The number of anilines is 3. The number of phenols is 1. The SMILES string of the molecule is Cc1cc(O)ccc1N(c1ccccc1)c1ncnc2ccc(C=CCNC(=O)OC(C)(C)C)cc12. The zero-order chi connectivity index (χ0) is 25.7. The number of carbonyl (C=O) groups is 1. The molecule has 4 aromatic rings. The smallest absolute Gasteiger partial charge is 0.407 e. The number of phenolic OH excluding ortho intramolecular Hbond substituents is 1. The van der Waals surface area contributed by atoms with E-state index in [0.717, 1.165) is 39.2 Å². The first kappa shape index (κ1) is 24.7. The number of ether oxygens (including phenoxy) is 1. The number of nitrogens with one attached hydrogen (secondary N) is 1. The van der Waals surface area contributed by atoms with Crippen molar-refractivity contribution in [2.24, 2.45) is 0 Å². The Labute approximate surface area is 211 Å². The van der Waals surface area contributed by atoms with Gasteiger partial charge in [0.1, 0.15) is 23.5 Å². The van der Waals surface area contributed by atoms with Gasteiger partial charge >= 0.3 is 6.09 Å². The summed E-state index contributed by atoms with van der Waals surface area (Å²) in [6.45, 7) is 7.79. The summed E-state index contributed by atoms with van der Waals surface area (Å²) in [5, 5.41) is 13.6. The van der Waals surface area contributed by atoms with Crippen molar-refractivity contribution in [2.75, 3.05) is 11.4 Å². The predicted octanol–water partition coefficient (Wildman–Crippen LogP) is 6.65. The number of hydrogen-bond acceptors (Lipinski definition) is 6. The number of para-hydroxylation sites is 1. The Morgan fingerprint density at radius 2 is 1.83 bits per heavy atom. The van der Waals surface area contributed by atoms with Crippen molar-refractivity contribution in [1.82, 2.24) is 15.3 Å². The fourth-order valence-corrected chi connectivity index (χ4v) is 3.84. The van der Waals surface area contributed by atoms with Gasteiger partial charge < -0.3 is 15.2 Å². The normalized spacial score (nSPS) is 11.6. The molecule has 0 spiro atoms. The van der Waals surface area contributed by atoms with Crippen molar-refractivity contribution in [2.45, 2.75) is 33.3 Å². The number of aromatic hydroxyl groups is 1. The monoisotopic (exact) mass is 482 g/mol. The van der Waals surface area contributed by atoms with Crippen molar-refractivity contribution in [3.05, 3.63) is 90.3 Å². The lowest BCUT2D eigenvalue weighted by Crippen LogP contribution is -2.32. The van der Waals surface area contributed by atoms with E-state index in [1.165, 1.54) is 0 Å². The minimum Gasteiger partial charge on any atom is -0.508 e. The van der Waals surface area contributed by atoms with Crippen LogP contribution in [0.15, 0.2) is 79.1 Å². The van der Waals surface area contributed by atoms with Crippen molar-refractivity contribution in [3.63, 3.8) is 0 Å². The van der Waals surface area contributed by atoms with Gasteiger partial charge in [0.25, 0.3) is 0 Å². The summed E-state index contributed by atoms with van der Waals surface area (Å²) < 4.78 is 5.27. The number of carbonyl (C=O) groups excluding carboxylic acids is 1. The van der Waals surface area contributed by atoms with Crippen LogP contribution in [-0.2, 0) is 4.74 Å². The highest BCUT2D eigenvalue weighted by Gasteiger charge is 2.19. The Morgan fingerprint density at radius 3 is 2.56 bits per heavy atom. The first-order chi connectivity index (χ1) is 17.2. The van der Waals surface area contributed by atoms with E-state index in [0.29, 0.717) is 6.54 Å². The molecule has 7 heteroatoms. The Balaban J connectivity index is 1.69. The molecule has 1 heterocycles. The summed E-state index contributed by atoms with van der Waals surface area (Å²) >= 11 is 0. The van der Waals surface area contributed by atoms with E-state index in [-0.39, 0.29) is 5.75 Å². The topological polar surface area (TPSA) is 87.6 Å². The Kier molecular flexibility index (Phi) is 7.20. The highest BCUT2D eigenvalue weighted by atomic mass is 16.6. The number of aromatic nitrogens is 2. The highest BCUT2D eigenvalue weighted by Crippen LogP contribution is 2.39. The van der Waals surface area contributed by atoms with Gasteiger partial charge in [-0.1, -0.05) is 36.4 Å². The van der Waals surface area contributed by atoms with Crippen molar-refractivity contribution in [1.29, 1.82) is 0 Å². The largest absolute Gasteiger partial charge is 0.508 e. The molecule has 4 rings (SSSR count). The standard InChI is InChI=1S/C29H30N4O3/c1-20-17-23(34)13-15-26(20)33(22-10-6-5-7-11-22)27-24-18-21(12-14-25(24)31-19-32-27)9-8-16-30-28(35)36-29(2,3)4/h5-15,17-19,34H,16H2,1-4H3,(H,30,35). The average Bonchev–Trinajstić information content (AvgIpc) is 2.83. The number of aryl methyl sites for hydroxylation is 1. The second-order valence-electron chi connectivity index (χ2n) is 9.40. The van der Waals surface area contributed by atoms with E-state index in [4.69, 9.17) is 4.74 Å². The minimum absolute atomic E-state index is 0.212. The molecule has 2 N–H and O–H groups in total. The van der Waals surface area contributed by atoms with Gasteiger partial charge in [-0.15, -0.1) is 0 Å². The number of nitrogens with zero attached hydrogens (tertiary/aromatic N) is 3. The van der Waals surface area contributed by atoms with E-state index in [2.05, 4.69) is 20.2 Å². The lowest BCUT2D eigenvalue weighted by molar-refractivity contribution is 0.0534. The zero-order valence-corrected chi connectivity index (χ0v) is 20.9. The molecule has 3 aromatic carbocycles. The van der Waals surface area contributed by atoms with Crippen LogP contribution in [0.2, 0.25) is 0 Å². The molecule has 0 aliphatic carbocycles. The molecule has 0 aliphatic rings. The molecule has 0 atom stereocenters. The molecule has 0 saturated heterocycles. The van der Waals surface area contributed by atoms with E-state index in [1.807, 2.05) is 94.4 Å². The maximum absolute atomic E-state index is 11.9. The molecule has 0 aliphatic heterocycles. The van der Waals surface area contributed by atoms with Gasteiger partial charge in [-0.25, -0.2) is 14.8 Å². The number of hydrogen-bond donors (Lipinski definition) is 2. The lowest BCUT2D eigenvalue weighted by atomic mass is 10.1. The van der Waals surface area contributed by atoms with Gasteiger partial charge in [0.05, 0.1) is 11.2 Å². The van der Waals surface area contributed by atoms with E-state index >= 15 is 0 Å². The quantitative estimate of drug-likeness (QED) is 0.320. The predicted molar refractivity (Wildman–Crippen MR) is 144 cm³/mol. The Morgan fingerprint density at radius 1 is 1.06 bits per heavy atom. The summed E-state index contributed by atoms with van der Waals surface area (Å²) in [6, 6.07) is 21.2. The number of alkyl carbamates (subject to hydrolysis) is 1. The Bertz CT molecular complexity index is 1400. The first-order valence-corrected chi connectivity index (χ1v) is 11.7. The lowest BCUT2D eigenvalue weighted by Gasteiger charge is -2.27. The second kappa shape index (κ2) is 10.5. The zero-order valence-electron chi connectivity index (χ0n) is 20.9. The van der Waals surface area contributed by atoms with Gasteiger partial charge in [0.2, 0.25) is 0 Å². The van der Waals surface area contributed by atoms with Gasteiger partial charge in [0, 0.05) is 17.6 Å². The van der Waals surface area contributed by atoms with Crippen LogP contribution in [0.5, 0.6) is 5.75 Å². The maximum atomic E-state index is 11.9. The molecule has 0 unspecified atom stereocenters. The number of rotatable bonds is 6. The van der Waals surface area contributed by atoms with Crippen molar-refractivity contribution in [3.8, 4) is 5.75 Å². The summed E-state index contributed by atoms with van der Waals surface area (Å²) in [5.74, 6) is 0.936. The van der Waals surface area contributed by atoms with Crippen molar-refractivity contribution >= 4 is 40.3 Å². The molecule has 184 valence electrons. The van der Waals surface area contributed by atoms with Crippen molar-refractivity contribution < 1.29 is 14.6 Å². The molecule has 1 aromatic heterocycles. The third-order valence-electron chi connectivity index (χ3n) is 5.36. The highest BCUT2D eigenvalue weighted by molar-refractivity contribution is 5.96. The van der Waals surface area contributed by atoms with Gasteiger partial charge in [-0.2, -0.15) is 0 Å². The summed E-state index contributed by atoms with van der Waals surface area (Å²) in [4.78, 5) is 23.1. The summed E-state index contributed by atoms with van der Waals surface area (Å²) in [5.41, 5.74) is 3.97.